The molecule has 0 aliphatic carbocycles. The van der Waals surface area contributed by atoms with Crippen LogP contribution in [0.25, 0.3) is 0 Å². The molecular weight excluding hydrogens is 426 g/mol. The van der Waals surface area contributed by atoms with E-state index in [4.69, 9.17) is 0 Å². The van der Waals surface area contributed by atoms with Crippen LogP contribution in [0.2, 0.25) is 0 Å². The lowest BCUT2D eigenvalue weighted by molar-refractivity contribution is 0.0746. The van der Waals surface area contributed by atoms with Crippen LogP contribution in [0.3, 0.4) is 0 Å². The first-order valence-corrected chi connectivity index (χ1v) is 11.8. The maximum absolute atomic E-state index is 12.9. The van der Waals surface area contributed by atoms with Gasteiger partial charge in [-0.2, -0.15) is 0 Å². The van der Waals surface area contributed by atoms with Crippen molar-refractivity contribution in [2.45, 2.75) is 4.90 Å². The summed E-state index contributed by atoms with van der Waals surface area (Å²) in [6, 6.07) is 22.0. The lowest BCUT2D eigenvalue weighted by Crippen LogP contribution is -2.48. The van der Waals surface area contributed by atoms with Gasteiger partial charge in [-0.15, -0.1) is 0 Å². The summed E-state index contributed by atoms with van der Waals surface area (Å²) in [5, 5.41) is 9.44. The largest absolute Gasteiger partial charge is 0.508 e. The van der Waals surface area contributed by atoms with Gasteiger partial charge in [0, 0.05) is 44.5 Å². The van der Waals surface area contributed by atoms with E-state index in [9.17, 15) is 18.3 Å². The molecule has 1 amide bonds. The van der Waals surface area contributed by atoms with Crippen molar-refractivity contribution >= 4 is 27.3 Å². The SMILES string of the molecule is CN(c1ccccc1)S(=O)(=O)c1ccc(C(=O)N2CCN(c3ccc(O)cc3)CC2)cc1. The molecule has 1 saturated heterocycles. The summed E-state index contributed by atoms with van der Waals surface area (Å²) in [4.78, 5) is 17.0. The number of benzene rings is 3. The number of para-hydroxylation sites is 1. The maximum Gasteiger partial charge on any atom is 0.264 e. The summed E-state index contributed by atoms with van der Waals surface area (Å²) in [5.74, 6) is 0.110. The van der Waals surface area contributed by atoms with Gasteiger partial charge in [0.2, 0.25) is 0 Å². The Labute approximate surface area is 188 Å². The Morgan fingerprint density at radius 1 is 0.844 bits per heavy atom. The number of nitrogens with zero attached hydrogens (tertiary/aromatic N) is 3. The molecule has 4 rings (SSSR count). The van der Waals surface area contributed by atoms with Crippen molar-refractivity contribution in [2.75, 3.05) is 42.4 Å². The first-order chi connectivity index (χ1) is 15.4. The van der Waals surface area contributed by atoms with Crippen LogP contribution in [0, 0.1) is 0 Å². The predicted molar refractivity (Wildman–Crippen MR) is 125 cm³/mol. The third kappa shape index (κ3) is 4.40. The van der Waals surface area contributed by atoms with Crippen molar-refractivity contribution in [3.8, 4) is 5.75 Å². The number of phenols is 1. The molecule has 0 saturated carbocycles. The van der Waals surface area contributed by atoms with E-state index in [2.05, 4.69) is 4.90 Å². The molecule has 0 aromatic heterocycles. The molecule has 3 aromatic carbocycles. The fraction of sp³-hybridized carbons (Fsp3) is 0.208. The van der Waals surface area contributed by atoms with Crippen molar-refractivity contribution in [1.29, 1.82) is 0 Å². The zero-order valence-electron chi connectivity index (χ0n) is 17.8. The lowest BCUT2D eigenvalue weighted by Gasteiger charge is -2.36. The normalized spacial score (nSPS) is 14.3. The topological polar surface area (TPSA) is 81.2 Å². The number of carbonyl (C=O) groups is 1. The van der Waals surface area contributed by atoms with Crippen LogP contribution >= 0.6 is 0 Å². The van der Waals surface area contributed by atoms with Crippen molar-refractivity contribution in [2.24, 2.45) is 0 Å². The van der Waals surface area contributed by atoms with Gasteiger partial charge in [-0.05, 0) is 60.7 Å². The third-order valence-electron chi connectivity index (χ3n) is 5.66. The summed E-state index contributed by atoms with van der Waals surface area (Å²) >= 11 is 0. The molecule has 166 valence electrons. The number of hydrogen-bond donors (Lipinski definition) is 1. The van der Waals surface area contributed by atoms with Crippen LogP contribution in [0.15, 0.2) is 83.8 Å². The minimum absolute atomic E-state index is 0.115. The molecule has 0 atom stereocenters. The van der Waals surface area contributed by atoms with E-state index < -0.39 is 10.0 Å². The molecule has 32 heavy (non-hydrogen) atoms. The van der Waals surface area contributed by atoms with Crippen molar-refractivity contribution in [3.05, 3.63) is 84.4 Å². The summed E-state index contributed by atoms with van der Waals surface area (Å²) in [6.07, 6.45) is 0. The number of aromatic hydroxyl groups is 1. The highest BCUT2D eigenvalue weighted by atomic mass is 32.2. The second kappa shape index (κ2) is 8.92. The number of phenolic OH excluding ortho intramolecular Hbond substituents is 1. The van der Waals surface area contributed by atoms with Crippen LogP contribution in [0.5, 0.6) is 5.75 Å². The molecule has 1 fully saturated rings. The van der Waals surface area contributed by atoms with Gasteiger partial charge in [0.15, 0.2) is 0 Å². The van der Waals surface area contributed by atoms with Crippen LogP contribution < -0.4 is 9.21 Å². The van der Waals surface area contributed by atoms with E-state index in [0.29, 0.717) is 37.4 Å². The van der Waals surface area contributed by atoms with Gasteiger partial charge in [-0.1, -0.05) is 18.2 Å². The molecule has 0 radical (unpaired) electrons. The van der Waals surface area contributed by atoms with Crippen LogP contribution in [0.1, 0.15) is 10.4 Å². The van der Waals surface area contributed by atoms with E-state index >= 15 is 0 Å². The molecule has 7 nitrogen and oxygen atoms in total. The number of rotatable bonds is 5. The fourth-order valence-electron chi connectivity index (χ4n) is 3.72. The van der Waals surface area contributed by atoms with Gasteiger partial charge in [-0.3, -0.25) is 9.10 Å². The van der Waals surface area contributed by atoms with Crippen molar-refractivity contribution < 1.29 is 18.3 Å². The average Bonchev–Trinajstić information content (AvgIpc) is 2.84. The van der Waals surface area contributed by atoms with Gasteiger partial charge < -0.3 is 14.9 Å². The number of hydrogen-bond acceptors (Lipinski definition) is 5. The standard InChI is InChI=1S/C24H25N3O4S/c1-25(20-5-3-2-4-6-20)32(30,31)23-13-7-19(8-14-23)24(29)27-17-15-26(16-18-27)21-9-11-22(28)12-10-21/h2-14,28H,15-18H2,1H3. The van der Waals surface area contributed by atoms with E-state index in [1.807, 2.05) is 18.2 Å². The maximum atomic E-state index is 12.9. The Hall–Kier alpha value is -3.52. The van der Waals surface area contributed by atoms with E-state index in [1.54, 1.807) is 53.4 Å². The van der Waals surface area contributed by atoms with Crippen molar-refractivity contribution in [3.63, 3.8) is 0 Å². The Morgan fingerprint density at radius 3 is 2.03 bits per heavy atom. The molecule has 1 aliphatic heterocycles. The molecule has 3 aromatic rings. The van der Waals surface area contributed by atoms with Gasteiger partial charge in [0.05, 0.1) is 10.6 Å². The first-order valence-electron chi connectivity index (χ1n) is 10.3. The second-order valence-electron chi connectivity index (χ2n) is 7.63. The van der Waals surface area contributed by atoms with Gasteiger partial charge >= 0.3 is 0 Å². The molecular formula is C24H25N3O4S. The first kappa shape index (κ1) is 21.7. The number of piperazine rings is 1. The molecule has 0 bridgehead atoms. The quantitative estimate of drug-likeness (QED) is 0.644. The smallest absolute Gasteiger partial charge is 0.264 e. The predicted octanol–water partition coefficient (Wildman–Crippen LogP) is 3.18. The summed E-state index contributed by atoms with van der Waals surface area (Å²) in [5.41, 5.74) is 2.04. The fourth-order valence-corrected chi connectivity index (χ4v) is 4.91. The third-order valence-corrected chi connectivity index (χ3v) is 7.46. The molecule has 0 unspecified atom stereocenters. The Morgan fingerprint density at radius 2 is 1.44 bits per heavy atom. The molecule has 1 N–H and O–H groups in total. The highest BCUT2D eigenvalue weighted by Crippen LogP contribution is 2.23. The zero-order valence-corrected chi connectivity index (χ0v) is 18.6. The van der Waals surface area contributed by atoms with E-state index in [1.165, 1.54) is 23.5 Å². The summed E-state index contributed by atoms with van der Waals surface area (Å²) in [6.45, 7) is 2.50. The summed E-state index contributed by atoms with van der Waals surface area (Å²) < 4.78 is 27.1. The Balaban J connectivity index is 1.42. The number of carbonyl (C=O) groups excluding carboxylic acids is 1. The lowest BCUT2D eigenvalue weighted by atomic mass is 10.1. The van der Waals surface area contributed by atoms with Gasteiger partial charge in [0.1, 0.15) is 5.75 Å². The van der Waals surface area contributed by atoms with Gasteiger partial charge in [-0.25, -0.2) is 8.42 Å². The van der Waals surface area contributed by atoms with Crippen LogP contribution in [-0.2, 0) is 10.0 Å². The number of anilines is 2. The Bertz CT molecular complexity index is 1170. The molecule has 0 spiro atoms. The summed E-state index contributed by atoms with van der Waals surface area (Å²) in [7, 11) is -2.21. The van der Waals surface area contributed by atoms with Gasteiger partial charge in [0.25, 0.3) is 15.9 Å². The molecule has 8 heteroatoms. The molecule has 1 heterocycles. The zero-order chi connectivity index (χ0) is 22.7. The Kier molecular flexibility index (Phi) is 6.05. The minimum atomic E-state index is -3.72. The van der Waals surface area contributed by atoms with Crippen molar-refractivity contribution in [1.82, 2.24) is 4.90 Å². The van der Waals surface area contributed by atoms with E-state index in [-0.39, 0.29) is 16.6 Å². The number of amides is 1. The van der Waals surface area contributed by atoms with E-state index in [0.717, 1.165) is 5.69 Å². The average molecular weight is 452 g/mol. The minimum Gasteiger partial charge on any atom is -0.508 e. The molecule has 1 aliphatic rings. The van der Waals surface area contributed by atoms with Crippen LogP contribution in [0.4, 0.5) is 11.4 Å². The second-order valence-corrected chi connectivity index (χ2v) is 9.60. The number of sulfonamides is 1. The highest BCUT2D eigenvalue weighted by Gasteiger charge is 2.24. The highest BCUT2D eigenvalue weighted by molar-refractivity contribution is 7.92. The van der Waals surface area contributed by atoms with Crippen LogP contribution in [-0.4, -0.2) is 57.6 Å². The monoisotopic (exact) mass is 451 g/mol.